The molecule has 1 N–H and O–H groups in total. The zero-order chi connectivity index (χ0) is 9.30. The summed E-state index contributed by atoms with van der Waals surface area (Å²) in [6, 6.07) is 2.86. The van der Waals surface area contributed by atoms with E-state index in [1.54, 1.807) is 13.8 Å². The lowest BCUT2D eigenvalue weighted by atomic mass is 10.1. The number of aryl methyl sites for hydroxylation is 2. The number of hydrogen-bond acceptors (Lipinski definition) is 3. The van der Waals surface area contributed by atoms with Crippen molar-refractivity contribution in [1.82, 2.24) is 0 Å². The van der Waals surface area contributed by atoms with Crippen LogP contribution in [0.1, 0.15) is 11.1 Å². The second kappa shape index (κ2) is 3.25. The molecule has 0 aliphatic rings. The molecule has 1 atom stereocenters. The van der Waals surface area contributed by atoms with Gasteiger partial charge in [0.2, 0.25) is 0 Å². The Morgan fingerprint density at radius 3 is 2.08 bits per heavy atom. The summed E-state index contributed by atoms with van der Waals surface area (Å²) in [4.78, 5) is 0.271. The Labute approximate surface area is 73.3 Å². The van der Waals surface area contributed by atoms with Crippen LogP contribution in [0.2, 0.25) is 0 Å². The summed E-state index contributed by atoms with van der Waals surface area (Å²) in [5.74, 6) is 0.0965. The van der Waals surface area contributed by atoms with Gasteiger partial charge in [-0.3, -0.25) is 4.21 Å². The molecular formula is C8H9O3S-. The zero-order valence-corrected chi connectivity index (χ0v) is 7.64. The Morgan fingerprint density at radius 2 is 1.75 bits per heavy atom. The first-order valence-corrected chi connectivity index (χ1v) is 4.49. The quantitative estimate of drug-likeness (QED) is 0.670. The van der Waals surface area contributed by atoms with E-state index in [1.165, 1.54) is 12.1 Å². The molecule has 0 amide bonds. The third kappa shape index (κ3) is 1.65. The van der Waals surface area contributed by atoms with Crippen molar-refractivity contribution in [1.29, 1.82) is 0 Å². The topological polar surface area (TPSA) is 60.4 Å². The SMILES string of the molecule is Cc1cc(O)cc(C)c1S(=O)[O-]. The first-order valence-electron chi connectivity index (χ1n) is 3.42. The largest absolute Gasteiger partial charge is 0.768 e. The molecule has 0 bridgehead atoms. The fourth-order valence-corrected chi connectivity index (χ4v) is 1.83. The Morgan fingerprint density at radius 1 is 1.33 bits per heavy atom. The van der Waals surface area contributed by atoms with Gasteiger partial charge in [0, 0.05) is 4.90 Å². The lowest BCUT2D eigenvalue weighted by Gasteiger charge is -2.12. The molecular weight excluding hydrogens is 176 g/mol. The molecule has 0 aliphatic carbocycles. The summed E-state index contributed by atoms with van der Waals surface area (Å²) in [5.41, 5.74) is 1.14. The molecule has 1 unspecified atom stereocenters. The normalized spacial score (nSPS) is 12.9. The lowest BCUT2D eigenvalue weighted by Crippen LogP contribution is -1.96. The van der Waals surface area contributed by atoms with E-state index in [0.29, 0.717) is 11.1 Å². The summed E-state index contributed by atoms with van der Waals surface area (Å²) >= 11 is -2.22. The molecule has 0 spiro atoms. The summed E-state index contributed by atoms with van der Waals surface area (Å²) in [6.07, 6.45) is 0. The van der Waals surface area contributed by atoms with Crippen molar-refractivity contribution in [2.45, 2.75) is 18.7 Å². The predicted molar refractivity (Wildman–Crippen MR) is 44.8 cm³/mol. The monoisotopic (exact) mass is 185 g/mol. The number of phenolic OH excluding ortho intramolecular Hbond substituents is 1. The highest BCUT2D eigenvalue weighted by atomic mass is 32.2. The maximum absolute atomic E-state index is 10.7. The van der Waals surface area contributed by atoms with E-state index >= 15 is 0 Å². The highest BCUT2D eigenvalue weighted by Crippen LogP contribution is 2.22. The Balaban J connectivity index is 3.38. The minimum absolute atomic E-state index is 0.0965. The number of rotatable bonds is 1. The van der Waals surface area contributed by atoms with Gasteiger partial charge in [0.15, 0.2) is 0 Å². The van der Waals surface area contributed by atoms with Crippen LogP contribution >= 0.6 is 0 Å². The van der Waals surface area contributed by atoms with Gasteiger partial charge in [0.05, 0.1) is 0 Å². The van der Waals surface area contributed by atoms with Crippen LogP contribution in [0.25, 0.3) is 0 Å². The molecule has 0 aromatic heterocycles. The van der Waals surface area contributed by atoms with Crippen LogP contribution in [0, 0.1) is 13.8 Å². The van der Waals surface area contributed by atoms with E-state index in [2.05, 4.69) is 0 Å². The van der Waals surface area contributed by atoms with Crippen LogP contribution in [0.4, 0.5) is 0 Å². The summed E-state index contributed by atoms with van der Waals surface area (Å²) in [5, 5.41) is 9.10. The van der Waals surface area contributed by atoms with Crippen LogP contribution in [0.15, 0.2) is 17.0 Å². The maximum Gasteiger partial charge on any atom is 0.116 e. The summed E-state index contributed by atoms with van der Waals surface area (Å²) in [7, 11) is 0. The predicted octanol–water partition coefficient (Wildman–Crippen LogP) is 1.25. The van der Waals surface area contributed by atoms with E-state index in [4.69, 9.17) is 5.11 Å². The molecule has 66 valence electrons. The highest BCUT2D eigenvalue weighted by molar-refractivity contribution is 7.79. The van der Waals surface area contributed by atoms with Crippen molar-refractivity contribution in [2.75, 3.05) is 0 Å². The van der Waals surface area contributed by atoms with Crippen molar-refractivity contribution in [3.05, 3.63) is 23.3 Å². The molecule has 0 saturated carbocycles. The first kappa shape index (κ1) is 9.22. The molecule has 0 radical (unpaired) electrons. The van der Waals surface area contributed by atoms with Gasteiger partial charge in [-0.2, -0.15) is 0 Å². The Kier molecular flexibility index (Phi) is 2.49. The van der Waals surface area contributed by atoms with Gasteiger partial charge in [-0.1, -0.05) is 0 Å². The van der Waals surface area contributed by atoms with Gasteiger partial charge in [-0.05, 0) is 48.2 Å². The van der Waals surface area contributed by atoms with Crippen LogP contribution in [0.3, 0.4) is 0 Å². The van der Waals surface area contributed by atoms with Crippen molar-refractivity contribution in [2.24, 2.45) is 0 Å². The fourth-order valence-electron chi connectivity index (χ4n) is 1.19. The van der Waals surface area contributed by atoms with Crippen LogP contribution in [0.5, 0.6) is 5.75 Å². The van der Waals surface area contributed by atoms with Crippen molar-refractivity contribution in [3.8, 4) is 5.75 Å². The average Bonchev–Trinajstić information content (AvgIpc) is 1.82. The second-order valence-corrected chi connectivity index (χ2v) is 3.52. The molecule has 0 aliphatic heterocycles. The molecule has 1 rings (SSSR count). The molecule has 0 fully saturated rings. The average molecular weight is 185 g/mol. The van der Waals surface area contributed by atoms with Gasteiger partial charge in [0.1, 0.15) is 5.75 Å². The van der Waals surface area contributed by atoms with E-state index in [-0.39, 0.29) is 10.6 Å². The molecule has 4 heteroatoms. The standard InChI is InChI=1S/C8H10O3S/c1-5-3-7(9)4-6(2)8(5)12(10)11/h3-4,9H,1-2H3,(H,10,11)/p-1. The zero-order valence-electron chi connectivity index (χ0n) is 6.83. The van der Waals surface area contributed by atoms with Crippen LogP contribution in [-0.2, 0) is 11.1 Å². The second-order valence-electron chi connectivity index (χ2n) is 2.64. The van der Waals surface area contributed by atoms with Crippen LogP contribution < -0.4 is 0 Å². The van der Waals surface area contributed by atoms with E-state index in [1.807, 2.05) is 0 Å². The van der Waals surface area contributed by atoms with Gasteiger partial charge >= 0.3 is 0 Å². The van der Waals surface area contributed by atoms with Gasteiger partial charge in [-0.15, -0.1) is 0 Å². The maximum atomic E-state index is 10.7. The summed E-state index contributed by atoms with van der Waals surface area (Å²) < 4.78 is 21.3. The fraction of sp³-hybridized carbons (Fsp3) is 0.250. The number of phenols is 1. The van der Waals surface area contributed by atoms with Gasteiger partial charge in [0.25, 0.3) is 0 Å². The van der Waals surface area contributed by atoms with Gasteiger partial charge in [-0.25, -0.2) is 0 Å². The van der Waals surface area contributed by atoms with Gasteiger partial charge < -0.3 is 9.66 Å². The third-order valence-corrected chi connectivity index (χ3v) is 2.59. The highest BCUT2D eigenvalue weighted by Gasteiger charge is 2.04. The van der Waals surface area contributed by atoms with E-state index < -0.39 is 11.1 Å². The third-order valence-electron chi connectivity index (χ3n) is 1.61. The summed E-state index contributed by atoms with van der Waals surface area (Å²) in [6.45, 7) is 3.30. The van der Waals surface area contributed by atoms with Crippen molar-refractivity contribution in [3.63, 3.8) is 0 Å². The molecule has 1 aromatic carbocycles. The minimum Gasteiger partial charge on any atom is -0.768 e. The number of aromatic hydroxyl groups is 1. The number of benzene rings is 1. The first-order chi connectivity index (χ1) is 5.52. The smallest absolute Gasteiger partial charge is 0.116 e. The Bertz CT molecular complexity index is 310. The lowest BCUT2D eigenvalue weighted by molar-refractivity contribution is 0.473. The van der Waals surface area contributed by atoms with Crippen molar-refractivity contribution >= 4 is 11.1 Å². The Hall–Kier alpha value is -0.870. The molecule has 12 heavy (non-hydrogen) atoms. The minimum atomic E-state index is -2.22. The molecule has 1 aromatic rings. The molecule has 3 nitrogen and oxygen atoms in total. The van der Waals surface area contributed by atoms with Crippen LogP contribution in [-0.4, -0.2) is 13.9 Å². The van der Waals surface area contributed by atoms with E-state index in [9.17, 15) is 8.76 Å². The number of hydrogen-bond donors (Lipinski definition) is 1. The van der Waals surface area contributed by atoms with Crippen molar-refractivity contribution < 1.29 is 13.9 Å². The molecule has 0 heterocycles. The molecule has 0 saturated heterocycles. The van der Waals surface area contributed by atoms with E-state index in [0.717, 1.165) is 0 Å².